The third-order valence-corrected chi connectivity index (χ3v) is 2.50. The lowest BCUT2D eigenvalue weighted by Crippen LogP contribution is -2.24. The molecular weight excluding hydrogens is 148 g/mol. The van der Waals surface area contributed by atoms with Crippen LogP contribution in [0.3, 0.4) is 0 Å². The fourth-order valence-electron chi connectivity index (χ4n) is 1.42. The summed E-state index contributed by atoms with van der Waals surface area (Å²) in [5, 5.41) is 0. The summed E-state index contributed by atoms with van der Waals surface area (Å²) in [7, 11) is 1.80. The lowest BCUT2D eigenvalue weighted by atomic mass is 9.78. The molecule has 0 radical (unpaired) electrons. The molecule has 0 fully saturated rings. The molecule has 74 valence electrons. The summed E-state index contributed by atoms with van der Waals surface area (Å²) in [6.45, 7) is 10.0. The fraction of sp³-hybridized carbons (Fsp3) is 1.00. The second-order valence-corrected chi connectivity index (χ2v) is 4.66. The molecule has 0 aromatic rings. The highest BCUT2D eigenvalue weighted by molar-refractivity contribution is 4.73. The molecule has 1 nitrogen and oxygen atoms in total. The Morgan fingerprint density at radius 3 is 2.17 bits per heavy atom. The van der Waals surface area contributed by atoms with E-state index in [4.69, 9.17) is 4.74 Å². The molecule has 0 aromatic carbocycles. The van der Waals surface area contributed by atoms with Gasteiger partial charge in [0.05, 0.1) is 0 Å². The van der Waals surface area contributed by atoms with Gasteiger partial charge in [-0.3, -0.25) is 0 Å². The fourth-order valence-corrected chi connectivity index (χ4v) is 1.42. The molecule has 0 saturated heterocycles. The SMILES string of the molecule is CCCCC(COC)C(C)(C)C. The highest BCUT2D eigenvalue weighted by Crippen LogP contribution is 2.30. The van der Waals surface area contributed by atoms with Gasteiger partial charge in [-0.1, -0.05) is 40.5 Å². The van der Waals surface area contributed by atoms with Gasteiger partial charge in [-0.25, -0.2) is 0 Å². The van der Waals surface area contributed by atoms with Crippen molar-refractivity contribution >= 4 is 0 Å². The average Bonchev–Trinajstić information content (AvgIpc) is 1.95. The second kappa shape index (κ2) is 5.58. The minimum Gasteiger partial charge on any atom is -0.384 e. The Labute approximate surface area is 77.5 Å². The molecule has 0 N–H and O–H groups in total. The Hall–Kier alpha value is -0.0400. The first-order valence-electron chi connectivity index (χ1n) is 5.01. The van der Waals surface area contributed by atoms with Crippen LogP contribution in [0.25, 0.3) is 0 Å². The summed E-state index contributed by atoms with van der Waals surface area (Å²) < 4.78 is 5.23. The zero-order valence-electron chi connectivity index (χ0n) is 9.31. The van der Waals surface area contributed by atoms with Crippen molar-refractivity contribution < 1.29 is 4.74 Å². The number of hydrogen-bond acceptors (Lipinski definition) is 1. The van der Waals surface area contributed by atoms with Crippen molar-refractivity contribution in [2.75, 3.05) is 13.7 Å². The molecule has 1 unspecified atom stereocenters. The van der Waals surface area contributed by atoms with E-state index < -0.39 is 0 Å². The molecule has 1 heteroatoms. The average molecular weight is 172 g/mol. The Bertz CT molecular complexity index is 102. The molecule has 12 heavy (non-hydrogen) atoms. The predicted octanol–water partition coefficient (Wildman–Crippen LogP) is 3.49. The van der Waals surface area contributed by atoms with Gasteiger partial charge in [0.25, 0.3) is 0 Å². The smallest absolute Gasteiger partial charge is 0.0495 e. The van der Waals surface area contributed by atoms with E-state index in [1.807, 2.05) is 0 Å². The van der Waals surface area contributed by atoms with Crippen LogP contribution in [0.1, 0.15) is 47.0 Å². The summed E-state index contributed by atoms with van der Waals surface area (Å²) in [5.74, 6) is 0.711. The molecule has 0 aliphatic rings. The van der Waals surface area contributed by atoms with E-state index in [0.29, 0.717) is 11.3 Å². The number of rotatable bonds is 5. The van der Waals surface area contributed by atoms with Gasteiger partial charge in [-0.15, -0.1) is 0 Å². The zero-order chi connectivity index (χ0) is 9.61. The van der Waals surface area contributed by atoms with Crippen LogP contribution < -0.4 is 0 Å². The van der Waals surface area contributed by atoms with E-state index >= 15 is 0 Å². The molecular formula is C11H24O. The first kappa shape index (κ1) is 12.0. The third kappa shape index (κ3) is 4.76. The van der Waals surface area contributed by atoms with Crippen molar-refractivity contribution in [1.29, 1.82) is 0 Å². The van der Waals surface area contributed by atoms with Crippen molar-refractivity contribution in [1.82, 2.24) is 0 Å². The number of ether oxygens (including phenoxy) is 1. The minimum absolute atomic E-state index is 0.394. The number of unbranched alkanes of at least 4 members (excludes halogenated alkanes) is 1. The van der Waals surface area contributed by atoms with Gasteiger partial charge in [0.2, 0.25) is 0 Å². The largest absolute Gasteiger partial charge is 0.384 e. The molecule has 0 amide bonds. The van der Waals surface area contributed by atoms with Crippen LogP contribution in [0.5, 0.6) is 0 Å². The summed E-state index contributed by atoms with van der Waals surface area (Å²) in [5.41, 5.74) is 0.394. The Balaban J connectivity index is 3.86. The van der Waals surface area contributed by atoms with Crippen molar-refractivity contribution in [2.24, 2.45) is 11.3 Å². The lowest BCUT2D eigenvalue weighted by molar-refractivity contribution is 0.0830. The van der Waals surface area contributed by atoms with Crippen molar-refractivity contribution in [2.45, 2.75) is 47.0 Å². The highest BCUT2D eigenvalue weighted by Gasteiger charge is 2.23. The normalized spacial score (nSPS) is 14.8. The van der Waals surface area contributed by atoms with Crippen LogP contribution >= 0.6 is 0 Å². The Kier molecular flexibility index (Phi) is 5.56. The van der Waals surface area contributed by atoms with E-state index in [1.54, 1.807) is 7.11 Å². The van der Waals surface area contributed by atoms with Gasteiger partial charge < -0.3 is 4.74 Å². The van der Waals surface area contributed by atoms with Crippen molar-refractivity contribution in [3.8, 4) is 0 Å². The van der Waals surface area contributed by atoms with Gasteiger partial charge in [0, 0.05) is 13.7 Å². The quantitative estimate of drug-likeness (QED) is 0.617. The summed E-state index contributed by atoms with van der Waals surface area (Å²) in [4.78, 5) is 0. The maximum absolute atomic E-state index is 5.23. The van der Waals surface area contributed by atoms with E-state index in [0.717, 1.165) is 6.61 Å². The van der Waals surface area contributed by atoms with Crippen molar-refractivity contribution in [3.05, 3.63) is 0 Å². The van der Waals surface area contributed by atoms with E-state index in [9.17, 15) is 0 Å². The Morgan fingerprint density at radius 2 is 1.83 bits per heavy atom. The molecule has 0 rings (SSSR count). The highest BCUT2D eigenvalue weighted by atomic mass is 16.5. The molecule has 0 spiro atoms. The lowest BCUT2D eigenvalue weighted by Gasteiger charge is -2.30. The van der Waals surface area contributed by atoms with Crippen LogP contribution in [0.4, 0.5) is 0 Å². The van der Waals surface area contributed by atoms with Gasteiger partial charge in [0.15, 0.2) is 0 Å². The molecule has 0 aliphatic heterocycles. The van der Waals surface area contributed by atoms with E-state index in [1.165, 1.54) is 19.3 Å². The molecule has 0 aliphatic carbocycles. The summed E-state index contributed by atoms with van der Waals surface area (Å²) in [6.07, 6.45) is 3.91. The summed E-state index contributed by atoms with van der Waals surface area (Å²) in [6, 6.07) is 0. The van der Waals surface area contributed by atoms with Crippen LogP contribution in [0.2, 0.25) is 0 Å². The van der Waals surface area contributed by atoms with Crippen LogP contribution in [0.15, 0.2) is 0 Å². The van der Waals surface area contributed by atoms with Crippen molar-refractivity contribution in [3.63, 3.8) is 0 Å². The van der Waals surface area contributed by atoms with Gasteiger partial charge in [0.1, 0.15) is 0 Å². The molecule has 0 bridgehead atoms. The van der Waals surface area contributed by atoms with Crippen LogP contribution in [-0.4, -0.2) is 13.7 Å². The predicted molar refractivity (Wildman–Crippen MR) is 54.3 cm³/mol. The molecule has 1 atom stereocenters. The third-order valence-electron chi connectivity index (χ3n) is 2.50. The Morgan fingerprint density at radius 1 is 1.25 bits per heavy atom. The van der Waals surface area contributed by atoms with E-state index in [-0.39, 0.29) is 0 Å². The maximum Gasteiger partial charge on any atom is 0.0495 e. The molecule has 0 saturated carbocycles. The monoisotopic (exact) mass is 172 g/mol. The standard InChI is InChI=1S/C11H24O/c1-6-7-8-10(9-12-5)11(2,3)4/h10H,6-9H2,1-5H3. The first-order chi connectivity index (χ1) is 5.52. The van der Waals surface area contributed by atoms with E-state index in [2.05, 4.69) is 27.7 Å². The minimum atomic E-state index is 0.394. The molecule has 0 aromatic heterocycles. The second-order valence-electron chi connectivity index (χ2n) is 4.66. The zero-order valence-corrected chi connectivity index (χ0v) is 9.31. The number of methoxy groups -OCH3 is 1. The van der Waals surface area contributed by atoms with Gasteiger partial charge >= 0.3 is 0 Å². The first-order valence-corrected chi connectivity index (χ1v) is 5.01. The number of hydrogen-bond donors (Lipinski definition) is 0. The maximum atomic E-state index is 5.23. The van der Waals surface area contributed by atoms with Crippen LogP contribution in [0, 0.1) is 11.3 Å². The van der Waals surface area contributed by atoms with Gasteiger partial charge in [-0.2, -0.15) is 0 Å². The summed E-state index contributed by atoms with van der Waals surface area (Å²) >= 11 is 0. The molecule has 0 heterocycles. The topological polar surface area (TPSA) is 9.23 Å². The van der Waals surface area contributed by atoms with Gasteiger partial charge in [-0.05, 0) is 17.8 Å². The van der Waals surface area contributed by atoms with Crippen LogP contribution in [-0.2, 0) is 4.74 Å².